The first kappa shape index (κ1) is 19.1. The van der Waals surface area contributed by atoms with E-state index in [1.165, 1.54) is 29.8 Å². The smallest absolute Gasteiger partial charge is 0.269 e. The van der Waals surface area contributed by atoms with Crippen molar-refractivity contribution in [1.29, 1.82) is 0 Å². The molecule has 2 rings (SSSR count). The Morgan fingerprint density at radius 3 is 2.16 bits per heavy atom. The zero-order chi connectivity index (χ0) is 18.4. The lowest BCUT2D eigenvalue weighted by atomic mass is 9.93. The van der Waals surface area contributed by atoms with E-state index in [-0.39, 0.29) is 24.3 Å². The van der Waals surface area contributed by atoms with Crippen LogP contribution in [-0.4, -0.2) is 33.8 Å². The van der Waals surface area contributed by atoms with Crippen LogP contribution in [0.4, 0.5) is 5.69 Å². The van der Waals surface area contributed by atoms with Gasteiger partial charge in [0.25, 0.3) is 5.69 Å². The van der Waals surface area contributed by atoms with Crippen LogP contribution in [0, 0.1) is 10.1 Å². The van der Waals surface area contributed by atoms with Crippen molar-refractivity contribution >= 4 is 5.69 Å². The maximum absolute atomic E-state index is 10.7. The lowest BCUT2D eigenvalue weighted by Gasteiger charge is -2.29. The van der Waals surface area contributed by atoms with E-state index in [4.69, 9.17) is 0 Å². The van der Waals surface area contributed by atoms with E-state index in [2.05, 4.69) is 12.2 Å². The molecule has 0 aliphatic rings. The molecular weight excluding hydrogens is 320 g/mol. The summed E-state index contributed by atoms with van der Waals surface area (Å²) in [5.74, 6) is 0.194. The molecule has 0 radical (unpaired) electrons. The molecule has 0 aliphatic heterocycles. The zero-order valence-electron chi connectivity index (χ0n) is 14.4. The van der Waals surface area contributed by atoms with Gasteiger partial charge >= 0.3 is 0 Å². The van der Waals surface area contributed by atoms with Crippen LogP contribution in [0.15, 0.2) is 54.6 Å². The van der Waals surface area contributed by atoms with E-state index >= 15 is 0 Å². The summed E-state index contributed by atoms with van der Waals surface area (Å²) in [7, 11) is 0. The summed E-state index contributed by atoms with van der Waals surface area (Å²) in [5, 5.41) is 34.2. The van der Waals surface area contributed by atoms with Crippen LogP contribution in [-0.2, 0) is 0 Å². The molecule has 0 heterocycles. The Labute approximate surface area is 147 Å². The Morgan fingerprint density at radius 2 is 1.64 bits per heavy atom. The highest BCUT2D eigenvalue weighted by atomic mass is 16.6. The van der Waals surface area contributed by atoms with Crippen molar-refractivity contribution in [2.24, 2.45) is 0 Å². The minimum atomic E-state index is -0.962. The van der Waals surface area contributed by atoms with Gasteiger partial charge in [0.2, 0.25) is 0 Å². The number of benzene rings is 2. The molecule has 2 aromatic carbocycles. The summed E-state index contributed by atoms with van der Waals surface area (Å²) in [6, 6.07) is 15.2. The summed E-state index contributed by atoms with van der Waals surface area (Å²) in [5.41, 5.74) is 1.66. The second-order valence-electron chi connectivity index (χ2n) is 6.24. The van der Waals surface area contributed by atoms with Gasteiger partial charge in [-0.25, -0.2) is 0 Å². The Hall–Kier alpha value is -2.28. The van der Waals surface area contributed by atoms with Gasteiger partial charge in [0.05, 0.1) is 23.7 Å². The lowest BCUT2D eigenvalue weighted by molar-refractivity contribution is -0.384. The van der Waals surface area contributed by atoms with E-state index < -0.39 is 17.1 Å². The molecular formula is C19H24N2O4. The molecule has 0 saturated heterocycles. The highest BCUT2D eigenvalue weighted by Gasteiger charge is 2.25. The van der Waals surface area contributed by atoms with Crippen LogP contribution in [0.3, 0.4) is 0 Å². The molecule has 0 aromatic heterocycles. The third kappa shape index (κ3) is 4.85. The number of aliphatic hydroxyl groups is 2. The molecule has 0 bridgehead atoms. The first-order valence-electron chi connectivity index (χ1n) is 8.28. The van der Waals surface area contributed by atoms with Crippen LogP contribution in [0.1, 0.15) is 37.0 Å². The van der Waals surface area contributed by atoms with Gasteiger partial charge in [-0.05, 0) is 36.1 Å². The standard InChI is InChI=1S/C19H24N2O4/c1-13(15-6-4-3-5-7-15)14(2)20-18(12-22)19(23)16-8-10-17(11-9-16)21(24)25/h3-11,13-14,18-20,22-23H,12H2,1-2H3. The number of nitrogens with zero attached hydrogens (tertiary/aromatic N) is 1. The highest BCUT2D eigenvalue weighted by molar-refractivity contribution is 5.34. The van der Waals surface area contributed by atoms with Gasteiger partial charge in [-0.1, -0.05) is 37.3 Å². The number of hydrogen-bond acceptors (Lipinski definition) is 5. The topological polar surface area (TPSA) is 95.6 Å². The number of rotatable bonds is 8. The van der Waals surface area contributed by atoms with Gasteiger partial charge in [-0.15, -0.1) is 0 Å². The number of hydrogen-bond donors (Lipinski definition) is 3. The van der Waals surface area contributed by atoms with E-state index in [1.807, 2.05) is 37.3 Å². The summed E-state index contributed by atoms with van der Waals surface area (Å²) in [6.07, 6.45) is -0.962. The second-order valence-corrected chi connectivity index (χ2v) is 6.24. The number of nitrogens with one attached hydrogen (secondary N) is 1. The first-order valence-corrected chi connectivity index (χ1v) is 8.28. The van der Waals surface area contributed by atoms with Gasteiger partial charge in [0, 0.05) is 18.2 Å². The Bertz CT molecular complexity index is 676. The first-order chi connectivity index (χ1) is 11.9. The Balaban J connectivity index is 2.06. The molecule has 6 heteroatoms. The van der Waals surface area contributed by atoms with Crippen molar-refractivity contribution in [3.63, 3.8) is 0 Å². The maximum atomic E-state index is 10.7. The van der Waals surface area contributed by atoms with Gasteiger partial charge in [-0.3, -0.25) is 10.1 Å². The monoisotopic (exact) mass is 344 g/mol. The fourth-order valence-corrected chi connectivity index (χ4v) is 2.80. The number of nitro benzene ring substituents is 1. The third-order valence-corrected chi connectivity index (χ3v) is 4.58. The molecule has 6 nitrogen and oxygen atoms in total. The summed E-state index contributed by atoms with van der Waals surface area (Å²) in [4.78, 5) is 10.2. The normalized spacial score (nSPS) is 16.0. The fourth-order valence-electron chi connectivity index (χ4n) is 2.80. The number of non-ortho nitro benzene ring substituents is 1. The lowest BCUT2D eigenvalue weighted by Crippen LogP contribution is -2.45. The molecule has 3 N–H and O–H groups in total. The van der Waals surface area contributed by atoms with Crippen molar-refractivity contribution in [3.05, 3.63) is 75.8 Å². The van der Waals surface area contributed by atoms with Crippen LogP contribution in [0.2, 0.25) is 0 Å². The summed E-state index contributed by atoms with van der Waals surface area (Å²) < 4.78 is 0. The maximum Gasteiger partial charge on any atom is 0.269 e. The van der Waals surface area contributed by atoms with Gasteiger partial charge < -0.3 is 15.5 Å². The second kappa shape index (κ2) is 8.71. The molecule has 0 fully saturated rings. The molecule has 0 aliphatic carbocycles. The molecule has 0 amide bonds. The molecule has 134 valence electrons. The van der Waals surface area contributed by atoms with E-state index in [1.54, 1.807) is 0 Å². The van der Waals surface area contributed by atoms with Gasteiger partial charge in [0.1, 0.15) is 0 Å². The van der Waals surface area contributed by atoms with Crippen LogP contribution < -0.4 is 5.32 Å². The van der Waals surface area contributed by atoms with Crippen LogP contribution in [0.25, 0.3) is 0 Å². The molecule has 4 atom stereocenters. The van der Waals surface area contributed by atoms with Crippen molar-refractivity contribution in [2.45, 2.75) is 38.0 Å². The predicted octanol–water partition coefficient (Wildman–Crippen LogP) is 2.77. The third-order valence-electron chi connectivity index (χ3n) is 4.58. The predicted molar refractivity (Wildman–Crippen MR) is 96.4 cm³/mol. The minimum Gasteiger partial charge on any atom is -0.395 e. The van der Waals surface area contributed by atoms with E-state index in [9.17, 15) is 20.3 Å². The van der Waals surface area contributed by atoms with Crippen molar-refractivity contribution in [3.8, 4) is 0 Å². The number of aliphatic hydroxyl groups excluding tert-OH is 2. The van der Waals surface area contributed by atoms with E-state index in [0.29, 0.717) is 5.56 Å². The summed E-state index contributed by atoms with van der Waals surface area (Å²) >= 11 is 0. The van der Waals surface area contributed by atoms with Gasteiger partial charge in [-0.2, -0.15) is 0 Å². The Morgan fingerprint density at radius 1 is 1.04 bits per heavy atom. The molecule has 2 aromatic rings. The van der Waals surface area contributed by atoms with Crippen molar-refractivity contribution in [2.75, 3.05) is 6.61 Å². The Kier molecular flexibility index (Phi) is 6.64. The fraction of sp³-hybridized carbons (Fsp3) is 0.368. The SMILES string of the molecule is CC(NC(CO)C(O)c1ccc([N+](=O)[O-])cc1)C(C)c1ccccc1. The quantitative estimate of drug-likeness (QED) is 0.505. The van der Waals surface area contributed by atoms with Crippen LogP contribution in [0.5, 0.6) is 0 Å². The minimum absolute atomic E-state index is 0.0206. The van der Waals surface area contributed by atoms with Crippen LogP contribution >= 0.6 is 0 Å². The highest BCUT2D eigenvalue weighted by Crippen LogP contribution is 2.23. The average molecular weight is 344 g/mol. The van der Waals surface area contributed by atoms with E-state index in [0.717, 1.165) is 0 Å². The average Bonchev–Trinajstić information content (AvgIpc) is 2.65. The molecule has 0 spiro atoms. The molecule has 4 unspecified atom stereocenters. The van der Waals surface area contributed by atoms with Gasteiger partial charge in [0.15, 0.2) is 0 Å². The number of nitro groups is 1. The summed E-state index contributed by atoms with van der Waals surface area (Å²) in [6.45, 7) is 3.84. The zero-order valence-corrected chi connectivity index (χ0v) is 14.4. The van der Waals surface area contributed by atoms with Crippen molar-refractivity contribution in [1.82, 2.24) is 5.32 Å². The molecule has 0 saturated carbocycles. The van der Waals surface area contributed by atoms with Crippen molar-refractivity contribution < 1.29 is 15.1 Å². The molecule has 25 heavy (non-hydrogen) atoms. The largest absolute Gasteiger partial charge is 0.395 e.